The van der Waals surface area contributed by atoms with E-state index >= 15 is 0 Å². The number of fused-ring (bicyclic) bond motifs is 1. The topological polar surface area (TPSA) is 62.1 Å². The molecule has 2 unspecified atom stereocenters. The first-order chi connectivity index (χ1) is 5.29. The molecule has 0 radical (unpaired) electrons. The Morgan fingerprint density at radius 3 is 3.36 bits per heavy atom. The molecule has 60 valence electrons. The van der Waals surface area contributed by atoms with E-state index in [0.717, 1.165) is 0 Å². The van der Waals surface area contributed by atoms with E-state index in [9.17, 15) is 4.79 Å². The van der Waals surface area contributed by atoms with Crippen molar-refractivity contribution in [3.05, 3.63) is 0 Å². The third-order valence-electron chi connectivity index (χ3n) is 1.87. The summed E-state index contributed by atoms with van der Waals surface area (Å²) >= 11 is 0. The molecule has 1 saturated heterocycles. The number of hydrogen-bond donors (Lipinski definition) is 1. The van der Waals surface area contributed by atoms with Crippen LogP contribution in [0.5, 0.6) is 0 Å². The number of ether oxygens (including phenoxy) is 1. The largest absolute Gasteiger partial charge is 0.481 e. The fraction of sp³-hybridized carbons (Fsp3) is 0.667. The average Bonchev–Trinajstić information content (AvgIpc) is 2.41. The van der Waals surface area contributed by atoms with Crippen molar-refractivity contribution in [2.75, 3.05) is 13.2 Å². The van der Waals surface area contributed by atoms with Crippen LogP contribution in [0.4, 0.5) is 0 Å². The molecule has 2 heterocycles. The molecule has 0 saturated carbocycles. The van der Waals surface area contributed by atoms with Gasteiger partial charge >= 0.3 is 5.97 Å². The third-order valence-corrected chi connectivity index (χ3v) is 1.87. The number of nitrogens with zero attached hydrogens (tertiary/aromatic N) is 2. The van der Waals surface area contributed by atoms with Crippen LogP contribution in [0.15, 0.2) is 5.10 Å². The van der Waals surface area contributed by atoms with E-state index < -0.39 is 11.9 Å². The van der Waals surface area contributed by atoms with Gasteiger partial charge in [-0.3, -0.25) is 9.80 Å². The molecule has 2 atom stereocenters. The van der Waals surface area contributed by atoms with E-state index in [1.54, 1.807) is 5.01 Å². The van der Waals surface area contributed by atoms with E-state index in [2.05, 4.69) is 5.10 Å². The van der Waals surface area contributed by atoms with Gasteiger partial charge in [0.2, 0.25) is 0 Å². The third kappa shape index (κ3) is 0.883. The van der Waals surface area contributed by atoms with Crippen molar-refractivity contribution in [3.63, 3.8) is 0 Å². The quantitative estimate of drug-likeness (QED) is 0.547. The summed E-state index contributed by atoms with van der Waals surface area (Å²) in [6.07, 6.45) is 1.07. The SMILES string of the molecule is O=C(O)C1C=NN2CCOC12. The molecule has 1 fully saturated rings. The summed E-state index contributed by atoms with van der Waals surface area (Å²) in [6.45, 7) is 1.27. The van der Waals surface area contributed by atoms with Crippen LogP contribution in [0.25, 0.3) is 0 Å². The Morgan fingerprint density at radius 1 is 1.82 bits per heavy atom. The zero-order valence-corrected chi connectivity index (χ0v) is 5.80. The number of aliphatic carboxylic acids is 1. The van der Waals surface area contributed by atoms with Gasteiger partial charge < -0.3 is 9.84 Å². The summed E-state index contributed by atoms with van der Waals surface area (Å²) in [4.78, 5) is 10.5. The highest BCUT2D eigenvalue weighted by atomic mass is 16.5. The van der Waals surface area contributed by atoms with E-state index in [-0.39, 0.29) is 6.23 Å². The lowest BCUT2D eigenvalue weighted by molar-refractivity contribution is -0.144. The Morgan fingerprint density at radius 2 is 2.64 bits per heavy atom. The van der Waals surface area contributed by atoms with Crippen molar-refractivity contribution in [3.8, 4) is 0 Å². The molecule has 0 aliphatic carbocycles. The molecular formula is C6H8N2O3. The maximum atomic E-state index is 10.5. The predicted octanol–water partition coefficient (Wildman–Crippen LogP) is -0.655. The van der Waals surface area contributed by atoms with Crippen molar-refractivity contribution in [1.82, 2.24) is 5.01 Å². The molecule has 5 heteroatoms. The summed E-state index contributed by atoms with van der Waals surface area (Å²) in [5, 5.41) is 14.2. The van der Waals surface area contributed by atoms with Gasteiger partial charge in [-0.1, -0.05) is 0 Å². The molecule has 0 bridgehead atoms. The van der Waals surface area contributed by atoms with Gasteiger partial charge in [-0.25, -0.2) is 0 Å². The first-order valence-corrected chi connectivity index (χ1v) is 3.44. The van der Waals surface area contributed by atoms with Crippen molar-refractivity contribution in [1.29, 1.82) is 0 Å². The van der Waals surface area contributed by atoms with E-state index in [4.69, 9.17) is 9.84 Å². The zero-order valence-electron chi connectivity index (χ0n) is 5.80. The van der Waals surface area contributed by atoms with Gasteiger partial charge in [0.25, 0.3) is 0 Å². The lowest BCUT2D eigenvalue weighted by Crippen LogP contribution is -2.32. The number of carbonyl (C=O) groups is 1. The summed E-state index contributed by atoms with van der Waals surface area (Å²) in [7, 11) is 0. The van der Waals surface area contributed by atoms with Crippen molar-refractivity contribution in [2.45, 2.75) is 6.23 Å². The second-order valence-electron chi connectivity index (χ2n) is 2.55. The molecule has 11 heavy (non-hydrogen) atoms. The fourth-order valence-electron chi connectivity index (χ4n) is 1.31. The first kappa shape index (κ1) is 6.60. The van der Waals surface area contributed by atoms with Gasteiger partial charge in [-0.05, 0) is 0 Å². The van der Waals surface area contributed by atoms with Gasteiger partial charge in [0.15, 0.2) is 6.23 Å². The molecule has 2 aliphatic heterocycles. The van der Waals surface area contributed by atoms with Crippen molar-refractivity contribution >= 4 is 12.2 Å². The molecule has 5 nitrogen and oxygen atoms in total. The summed E-state index contributed by atoms with van der Waals surface area (Å²) < 4.78 is 5.17. The van der Waals surface area contributed by atoms with Gasteiger partial charge in [-0.2, -0.15) is 5.10 Å². The summed E-state index contributed by atoms with van der Waals surface area (Å²) in [5.41, 5.74) is 0. The highest BCUT2D eigenvalue weighted by Gasteiger charge is 2.39. The van der Waals surface area contributed by atoms with Crippen molar-refractivity contribution in [2.24, 2.45) is 11.0 Å². The normalized spacial score (nSPS) is 34.4. The highest BCUT2D eigenvalue weighted by molar-refractivity contribution is 5.90. The molecule has 0 spiro atoms. The van der Waals surface area contributed by atoms with Gasteiger partial charge in [0.05, 0.1) is 13.2 Å². The van der Waals surface area contributed by atoms with Crippen LogP contribution < -0.4 is 0 Å². The highest BCUT2D eigenvalue weighted by Crippen LogP contribution is 2.22. The Bertz CT molecular complexity index is 216. The molecule has 1 N–H and O–H groups in total. The second-order valence-corrected chi connectivity index (χ2v) is 2.55. The number of hydrazone groups is 1. The molecule has 2 rings (SSSR count). The minimum Gasteiger partial charge on any atom is -0.481 e. The molecule has 0 aromatic rings. The number of hydrogen-bond acceptors (Lipinski definition) is 4. The smallest absolute Gasteiger partial charge is 0.316 e. The maximum Gasteiger partial charge on any atom is 0.316 e. The maximum absolute atomic E-state index is 10.5. The Kier molecular flexibility index (Phi) is 1.32. The zero-order chi connectivity index (χ0) is 7.84. The van der Waals surface area contributed by atoms with Crippen LogP contribution in [0.1, 0.15) is 0 Å². The van der Waals surface area contributed by atoms with Crippen molar-refractivity contribution < 1.29 is 14.6 Å². The van der Waals surface area contributed by atoms with E-state index in [0.29, 0.717) is 13.2 Å². The lowest BCUT2D eigenvalue weighted by Gasteiger charge is -2.14. The van der Waals surface area contributed by atoms with Gasteiger partial charge in [-0.15, -0.1) is 0 Å². The van der Waals surface area contributed by atoms with Crippen LogP contribution in [-0.2, 0) is 9.53 Å². The van der Waals surface area contributed by atoms with Gasteiger partial charge in [0.1, 0.15) is 5.92 Å². The Hall–Kier alpha value is -1.10. The van der Waals surface area contributed by atoms with Crippen LogP contribution in [0, 0.1) is 5.92 Å². The predicted molar refractivity (Wildman–Crippen MR) is 36.1 cm³/mol. The van der Waals surface area contributed by atoms with E-state index in [1.165, 1.54) is 6.21 Å². The minimum atomic E-state index is -0.872. The van der Waals surface area contributed by atoms with Crippen LogP contribution in [0.2, 0.25) is 0 Å². The fourth-order valence-corrected chi connectivity index (χ4v) is 1.31. The first-order valence-electron chi connectivity index (χ1n) is 3.44. The molecule has 0 aromatic carbocycles. The van der Waals surface area contributed by atoms with E-state index in [1.807, 2.05) is 0 Å². The molecule has 2 aliphatic rings. The Labute approximate surface area is 63.2 Å². The van der Waals surface area contributed by atoms with Crippen LogP contribution in [0.3, 0.4) is 0 Å². The molecular weight excluding hydrogens is 148 g/mol. The minimum absolute atomic E-state index is 0.354. The second kappa shape index (κ2) is 2.20. The summed E-state index contributed by atoms with van der Waals surface area (Å²) in [6, 6.07) is 0. The molecule has 0 aromatic heterocycles. The van der Waals surface area contributed by atoms with Crippen LogP contribution >= 0.6 is 0 Å². The average molecular weight is 156 g/mol. The Balaban J connectivity index is 2.15. The van der Waals surface area contributed by atoms with Gasteiger partial charge in [0, 0.05) is 6.21 Å². The summed E-state index contributed by atoms with van der Waals surface area (Å²) in [5.74, 6) is -1.46. The van der Waals surface area contributed by atoms with Crippen LogP contribution in [-0.4, -0.2) is 41.7 Å². The molecule has 0 amide bonds. The number of carboxylic acid groups (broad SMARTS) is 1. The number of carboxylic acids is 1. The lowest BCUT2D eigenvalue weighted by atomic mass is 10.1. The number of rotatable bonds is 1. The monoisotopic (exact) mass is 156 g/mol. The standard InChI is InChI=1S/C6H8N2O3/c9-6(10)4-3-7-8-1-2-11-5(4)8/h3-5H,1-2H2,(H,9,10).